The quantitative estimate of drug-likeness (QED) is 0.198. The molecule has 1 aliphatic rings. The summed E-state index contributed by atoms with van der Waals surface area (Å²) in [4.78, 5) is 46.4. The van der Waals surface area contributed by atoms with Gasteiger partial charge >= 0.3 is 5.97 Å². The molecule has 4 aromatic rings. The van der Waals surface area contributed by atoms with E-state index >= 15 is 0 Å². The number of halogens is 1. The summed E-state index contributed by atoms with van der Waals surface area (Å²) >= 11 is 8.63. The Morgan fingerprint density at radius 2 is 2.14 bits per heavy atom. The van der Waals surface area contributed by atoms with Crippen molar-refractivity contribution in [3.8, 4) is 5.69 Å². The van der Waals surface area contributed by atoms with Crippen LogP contribution in [0.4, 0.5) is 5.00 Å². The third-order valence-corrected chi connectivity index (χ3v) is 8.03. The van der Waals surface area contributed by atoms with Gasteiger partial charge in [-0.25, -0.2) is 14.5 Å². The molecule has 12 heteroatoms. The number of aromatic amines is 1. The molecule has 0 fully saturated rings. The zero-order valence-corrected chi connectivity index (χ0v) is 21.7. The van der Waals surface area contributed by atoms with Crippen LogP contribution in [0, 0.1) is 0 Å². The Hall–Kier alpha value is -3.15. The van der Waals surface area contributed by atoms with Crippen LogP contribution < -0.4 is 10.9 Å². The summed E-state index contributed by atoms with van der Waals surface area (Å²) in [5, 5.41) is 8.80. The Morgan fingerprint density at radius 1 is 1.31 bits per heavy atom. The molecule has 0 spiro atoms. The van der Waals surface area contributed by atoms with Gasteiger partial charge in [0.2, 0.25) is 5.91 Å². The second-order valence-corrected chi connectivity index (χ2v) is 10.6. The lowest BCUT2D eigenvalue weighted by Crippen LogP contribution is -2.18. The van der Waals surface area contributed by atoms with Crippen LogP contribution in [0.2, 0.25) is 5.02 Å². The van der Waals surface area contributed by atoms with Crippen molar-refractivity contribution in [3.63, 3.8) is 0 Å². The number of thioether (sulfide) groups is 1. The number of ether oxygens (including phenoxy) is 1. The van der Waals surface area contributed by atoms with Crippen molar-refractivity contribution in [2.75, 3.05) is 17.7 Å². The number of H-pyrrole nitrogens is 1. The molecule has 36 heavy (non-hydrogen) atoms. The molecule has 0 unspecified atom stereocenters. The molecule has 9 nitrogen and oxygen atoms in total. The van der Waals surface area contributed by atoms with Crippen LogP contribution in [0.15, 0.2) is 40.4 Å². The van der Waals surface area contributed by atoms with Crippen molar-refractivity contribution in [2.24, 2.45) is 0 Å². The number of hydrogen-bond donors (Lipinski definition) is 2. The topological polar surface area (TPSA) is 119 Å². The van der Waals surface area contributed by atoms with Crippen molar-refractivity contribution in [2.45, 2.75) is 37.8 Å². The van der Waals surface area contributed by atoms with Crippen LogP contribution in [0.5, 0.6) is 0 Å². The predicted octanol–water partition coefficient (Wildman–Crippen LogP) is 4.61. The van der Waals surface area contributed by atoms with Gasteiger partial charge in [-0.3, -0.25) is 9.59 Å². The van der Waals surface area contributed by atoms with Gasteiger partial charge in [0.25, 0.3) is 5.56 Å². The van der Waals surface area contributed by atoms with E-state index in [-0.39, 0.29) is 29.0 Å². The van der Waals surface area contributed by atoms with Crippen LogP contribution in [0.3, 0.4) is 0 Å². The number of benzene rings is 1. The molecule has 0 saturated carbocycles. The number of aromatic nitrogens is 4. The van der Waals surface area contributed by atoms with Crippen molar-refractivity contribution in [1.29, 1.82) is 0 Å². The summed E-state index contributed by atoms with van der Waals surface area (Å²) in [6.07, 6.45) is 5.20. The maximum absolute atomic E-state index is 12.8. The SMILES string of the molecule is CCOC(=O)c1c(NC(=O)CSc2nc3c(cnn3-c3cccc(Cl)c3)c(=O)[nH]2)sc2c1CCCC2. The first-order valence-corrected chi connectivity index (χ1v) is 13.6. The first kappa shape index (κ1) is 24.5. The van der Waals surface area contributed by atoms with Gasteiger partial charge in [0.15, 0.2) is 10.8 Å². The third-order valence-electron chi connectivity index (χ3n) is 5.71. The Kier molecular flexibility index (Phi) is 7.13. The Labute approximate surface area is 219 Å². The molecule has 0 bridgehead atoms. The molecule has 1 aliphatic carbocycles. The van der Waals surface area contributed by atoms with E-state index in [1.807, 2.05) is 6.07 Å². The minimum Gasteiger partial charge on any atom is -0.462 e. The largest absolute Gasteiger partial charge is 0.462 e. The molecule has 1 amide bonds. The second kappa shape index (κ2) is 10.5. The number of anilines is 1. The maximum atomic E-state index is 12.8. The number of nitrogens with one attached hydrogen (secondary N) is 2. The van der Waals surface area contributed by atoms with E-state index in [0.717, 1.165) is 47.9 Å². The predicted molar refractivity (Wildman–Crippen MR) is 141 cm³/mol. The zero-order chi connectivity index (χ0) is 25.2. The van der Waals surface area contributed by atoms with E-state index in [9.17, 15) is 14.4 Å². The lowest BCUT2D eigenvalue weighted by Gasteiger charge is -2.12. The Morgan fingerprint density at radius 3 is 2.94 bits per heavy atom. The first-order chi connectivity index (χ1) is 17.4. The second-order valence-electron chi connectivity index (χ2n) is 8.12. The Balaban J connectivity index is 1.36. The van der Waals surface area contributed by atoms with Gasteiger partial charge in [-0.2, -0.15) is 5.10 Å². The highest BCUT2D eigenvalue weighted by molar-refractivity contribution is 7.99. The van der Waals surface area contributed by atoms with Crippen LogP contribution in [-0.4, -0.2) is 44.0 Å². The third kappa shape index (κ3) is 4.91. The zero-order valence-electron chi connectivity index (χ0n) is 19.3. The number of esters is 1. The van der Waals surface area contributed by atoms with Crippen molar-refractivity contribution < 1.29 is 14.3 Å². The van der Waals surface area contributed by atoms with Crippen LogP contribution in [0.1, 0.15) is 40.6 Å². The fourth-order valence-electron chi connectivity index (χ4n) is 4.13. The van der Waals surface area contributed by atoms with Crippen LogP contribution >= 0.6 is 34.7 Å². The first-order valence-electron chi connectivity index (χ1n) is 11.4. The number of carbonyl (C=O) groups excluding carboxylic acids is 2. The summed E-state index contributed by atoms with van der Waals surface area (Å²) in [6.45, 7) is 2.02. The van der Waals surface area contributed by atoms with Gasteiger partial charge in [-0.1, -0.05) is 29.4 Å². The van der Waals surface area contributed by atoms with E-state index in [2.05, 4.69) is 20.4 Å². The van der Waals surface area contributed by atoms with Gasteiger partial charge in [-0.05, 0) is 56.4 Å². The number of nitrogens with zero attached hydrogens (tertiary/aromatic N) is 3. The highest BCUT2D eigenvalue weighted by Crippen LogP contribution is 2.38. The Bertz CT molecular complexity index is 1530. The number of aryl methyl sites for hydroxylation is 1. The van der Waals surface area contributed by atoms with Gasteiger partial charge in [0, 0.05) is 9.90 Å². The number of fused-ring (bicyclic) bond motifs is 2. The fraction of sp³-hybridized carbons (Fsp3) is 0.292. The van der Waals surface area contributed by atoms with Gasteiger partial charge < -0.3 is 15.0 Å². The monoisotopic (exact) mass is 543 g/mol. The van der Waals surface area contributed by atoms with E-state index < -0.39 is 5.97 Å². The molecular weight excluding hydrogens is 522 g/mol. The highest BCUT2D eigenvalue weighted by atomic mass is 35.5. The minimum atomic E-state index is -0.412. The van der Waals surface area contributed by atoms with Gasteiger partial charge in [0.05, 0.1) is 29.8 Å². The number of hydrogen-bond acceptors (Lipinski definition) is 8. The lowest BCUT2D eigenvalue weighted by atomic mass is 9.95. The molecule has 0 atom stereocenters. The van der Waals surface area contributed by atoms with Crippen molar-refractivity contribution >= 4 is 62.6 Å². The maximum Gasteiger partial charge on any atom is 0.341 e. The number of rotatable bonds is 7. The van der Waals surface area contributed by atoms with Crippen molar-refractivity contribution in [1.82, 2.24) is 19.7 Å². The van der Waals surface area contributed by atoms with E-state index in [4.69, 9.17) is 16.3 Å². The van der Waals surface area contributed by atoms with Crippen LogP contribution in [0.25, 0.3) is 16.7 Å². The summed E-state index contributed by atoms with van der Waals surface area (Å²) in [5.41, 5.74) is 2.12. The molecule has 186 valence electrons. The summed E-state index contributed by atoms with van der Waals surface area (Å²) in [5.74, 6) is -0.731. The lowest BCUT2D eigenvalue weighted by molar-refractivity contribution is -0.113. The van der Waals surface area contributed by atoms with E-state index in [1.165, 1.54) is 22.2 Å². The normalized spacial score (nSPS) is 12.9. The van der Waals surface area contributed by atoms with Crippen molar-refractivity contribution in [3.05, 3.63) is 61.8 Å². The average Bonchev–Trinajstić information content (AvgIpc) is 3.44. The summed E-state index contributed by atoms with van der Waals surface area (Å²) in [6, 6.07) is 7.06. The molecule has 0 saturated heterocycles. The summed E-state index contributed by atoms with van der Waals surface area (Å²) in [7, 11) is 0. The smallest absolute Gasteiger partial charge is 0.341 e. The molecule has 3 heterocycles. The fourth-order valence-corrected chi connectivity index (χ4v) is 6.27. The molecule has 5 rings (SSSR count). The molecule has 1 aromatic carbocycles. The molecule has 0 aliphatic heterocycles. The molecular formula is C24H22ClN5O4S2. The van der Waals surface area contributed by atoms with E-state index in [1.54, 1.807) is 25.1 Å². The molecule has 3 aromatic heterocycles. The van der Waals surface area contributed by atoms with Crippen LogP contribution in [-0.2, 0) is 22.4 Å². The van der Waals surface area contributed by atoms with Gasteiger partial charge in [-0.15, -0.1) is 11.3 Å². The number of amides is 1. The minimum absolute atomic E-state index is 0.00934. The summed E-state index contributed by atoms with van der Waals surface area (Å²) < 4.78 is 6.78. The number of carbonyl (C=O) groups is 2. The number of thiophene rings is 1. The molecule has 2 N–H and O–H groups in total. The average molecular weight is 544 g/mol. The van der Waals surface area contributed by atoms with Gasteiger partial charge in [0.1, 0.15) is 10.4 Å². The molecule has 0 radical (unpaired) electrons. The highest BCUT2D eigenvalue weighted by Gasteiger charge is 2.27. The van der Waals surface area contributed by atoms with E-state index in [0.29, 0.717) is 32.3 Å². The standard InChI is InChI=1S/C24H22ClN5O4S2/c1-2-34-23(33)19-15-8-3-4-9-17(15)36-22(19)27-18(31)12-35-24-28-20-16(21(32)29-24)11-26-30(20)14-7-5-6-13(25)10-14/h5-7,10-11H,2-4,8-9,12H2,1H3,(H,27,31)(H,28,29,32).